The standard InChI is InChI=1S/C16H17N3OS/c1-10-7-8-13(9-11(10)2)15(20)19-16(21)18-14-6-4-5-12(3)17-14/h4-9H,1-3H3,(H2,17,18,19,20,21). The fourth-order valence-electron chi connectivity index (χ4n) is 1.82. The predicted molar refractivity (Wildman–Crippen MR) is 88.6 cm³/mol. The molecule has 0 aliphatic heterocycles. The molecule has 0 aliphatic carbocycles. The van der Waals surface area contributed by atoms with Crippen LogP contribution in [0.4, 0.5) is 5.82 Å². The van der Waals surface area contributed by atoms with Crippen molar-refractivity contribution in [2.24, 2.45) is 0 Å². The summed E-state index contributed by atoms with van der Waals surface area (Å²) in [5.74, 6) is 0.378. The lowest BCUT2D eigenvalue weighted by molar-refractivity contribution is 0.0977. The van der Waals surface area contributed by atoms with Crippen LogP contribution in [-0.4, -0.2) is 16.0 Å². The molecule has 0 saturated heterocycles. The number of aryl methyl sites for hydroxylation is 3. The van der Waals surface area contributed by atoms with E-state index in [0.717, 1.165) is 16.8 Å². The van der Waals surface area contributed by atoms with E-state index < -0.39 is 0 Å². The van der Waals surface area contributed by atoms with Crippen molar-refractivity contribution in [1.29, 1.82) is 0 Å². The van der Waals surface area contributed by atoms with Crippen molar-refractivity contribution in [1.82, 2.24) is 10.3 Å². The highest BCUT2D eigenvalue weighted by Crippen LogP contribution is 2.10. The maximum atomic E-state index is 12.1. The Morgan fingerprint density at radius 3 is 2.52 bits per heavy atom. The summed E-state index contributed by atoms with van der Waals surface area (Å²) in [5, 5.41) is 5.78. The van der Waals surface area contributed by atoms with Crippen LogP contribution in [0, 0.1) is 20.8 Å². The lowest BCUT2D eigenvalue weighted by Crippen LogP contribution is -2.34. The number of amides is 1. The van der Waals surface area contributed by atoms with Crippen LogP contribution in [0.25, 0.3) is 0 Å². The van der Waals surface area contributed by atoms with Crippen LogP contribution in [0.1, 0.15) is 27.2 Å². The van der Waals surface area contributed by atoms with Crippen molar-refractivity contribution in [3.05, 3.63) is 58.8 Å². The molecule has 5 heteroatoms. The molecule has 0 atom stereocenters. The molecule has 1 amide bonds. The Kier molecular flexibility index (Phi) is 4.65. The first-order valence-electron chi connectivity index (χ1n) is 6.59. The van der Waals surface area contributed by atoms with E-state index in [0.29, 0.717) is 11.4 Å². The molecule has 1 aromatic heterocycles. The van der Waals surface area contributed by atoms with Gasteiger partial charge >= 0.3 is 0 Å². The SMILES string of the molecule is Cc1cccc(NC(=S)NC(=O)c2ccc(C)c(C)c2)n1. The number of carbonyl (C=O) groups is 1. The molecule has 0 saturated carbocycles. The number of carbonyl (C=O) groups excluding carboxylic acids is 1. The molecule has 2 aromatic rings. The molecule has 1 heterocycles. The average Bonchev–Trinajstić information content (AvgIpc) is 2.41. The number of nitrogens with zero attached hydrogens (tertiary/aromatic N) is 1. The zero-order valence-electron chi connectivity index (χ0n) is 12.2. The molecule has 0 spiro atoms. The van der Waals surface area contributed by atoms with Gasteiger partial charge in [0.25, 0.3) is 5.91 Å². The van der Waals surface area contributed by atoms with Gasteiger partial charge in [-0.05, 0) is 68.4 Å². The highest BCUT2D eigenvalue weighted by atomic mass is 32.1. The largest absolute Gasteiger partial charge is 0.317 e. The maximum Gasteiger partial charge on any atom is 0.257 e. The van der Waals surface area contributed by atoms with Crippen LogP contribution in [0.3, 0.4) is 0 Å². The third-order valence-electron chi connectivity index (χ3n) is 3.13. The van der Waals surface area contributed by atoms with Crippen molar-refractivity contribution in [2.45, 2.75) is 20.8 Å². The van der Waals surface area contributed by atoms with Gasteiger partial charge in [0.05, 0.1) is 0 Å². The van der Waals surface area contributed by atoms with Crippen LogP contribution < -0.4 is 10.6 Å². The second-order valence-corrected chi connectivity index (χ2v) is 5.28. The van der Waals surface area contributed by atoms with Gasteiger partial charge in [-0.2, -0.15) is 0 Å². The molecular formula is C16H17N3OS. The Bertz CT molecular complexity index is 698. The molecular weight excluding hydrogens is 282 g/mol. The summed E-state index contributed by atoms with van der Waals surface area (Å²) in [6.45, 7) is 5.87. The van der Waals surface area contributed by atoms with E-state index in [1.165, 1.54) is 0 Å². The summed E-state index contributed by atoms with van der Waals surface area (Å²) in [7, 11) is 0. The Balaban J connectivity index is 2.02. The fourth-order valence-corrected chi connectivity index (χ4v) is 2.02. The second kappa shape index (κ2) is 6.45. The first-order chi connectivity index (χ1) is 9.95. The molecule has 0 aliphatic rings. The number of anilines is 1. The zero-order chi connectivity index (χ0) is 15.4. The van der Waals surface area contributed by atoms with E-state index in [4.69, 9.17) is 12.2 Å². The van der Waals surface area contributed by atoms with E-state index in [2.05, 4.69) is 15.6 Å². The minimum absolute atomic E-state index is 0.233. The van der Waals surface area contributed by atoms with Crippen LogP contribution in [0.5, 0.6) is 0 Å². The fraction of sp³-hybridized carbons (Fsp3) is 0.188. The first kappa shape index (κ1) is 15.1. The van der Waals surface area contributed by atoms with Gasteiger partial charge in [-0.1, -0.05) is 12.1 Å². The summed E-state index contributed by atoms with van der Waals surface area (Å²) in [4.78, 5) is 16.4. The van der Waals surface area contributed by atoms with Gasteiger partial charge in [-0.15, -0.1) is 0 Å². The quantitative estimate of drug-likeness (QED) is 0.837. The summed E-state index contributed by atoms with van der Waals surface area (Å²) in [5.41, 5.74) is 3.68. The summed E-state index contributed by atoms with van der Waals surface area (Å²) in [6.07, 6.45) is 0. The number of nitrogens with one attached hydrogen (secondary N) is 2. The molecule has 0 radical (unpaired) electrons. The Labute approximate surface area is 129 Å². The predicted octanol–water partition coefficient (Wildman–Crippen LogP) is 3.13. The molecule has 0 bridgehead atoms. The first-order valence-corrected chi connectivity index (χ1v) is 7.00. The van der Waals surface area contributed by atoms with Gasteiger partial charge in [0.2, 0.25) is 0 Å². The van der Waals surface area contributed by atoms with Crippen molar-refractivity contribution in [2.75, 3.05) is 5.32 Å². The number of aromatic nitrogens is 1. The number of benzene rings is 1. The van der Waals surface area contributed by atoms with Crippen LogP contribution in [0.15, 0.2) is 36.4 Å². The highest BCUT2D eigenvalue weighted by Gasteiger charge is 2.09. The zero-order valence-corrected chi connectivity index (χ0v) is 13.0. The van der Waals surface area contributed by atoms with E-state index in [-0.39, 0.29) is 11.0 Å². The van der Waals surface area contributed by atoms with Gasteiger partial charge in [0.1, 0.15) is 5.82 Å². The topological polar surface area (TPSA) is 54.0 Å². The van der Waals surface area contributed by atoms with Crippen LogP contribution >= 0.6 is 12.2 Å². The van der Waals surface area contributed by atoms with Crippen molar-refractivity contribution in [3.63, 3.8) is 0 Å². The highest BCUT2D eigenvalue weighted by molar-refractivity contribution is 7.80. The van der Waals surface area contributed by atoms with Gasteiger partial charge in [0, 0.05) is 11.3 Å². The molecule has 0 unspecified atom stereocenters. The number of hydrogen-bond donors (Lipinski definition) is 2. The Morgan fingerprint density at radius 1 is 1.10 bits per heavy atom. The van der Waals surface area contributed by atoms with Crippen molar-refractivity contribution >= 4 is 29.1 Å². The minimum atomic E-state index is -0.233. The molecule has 2 rings (SSSR count). The summed E-state index contributed by atoms with van der Waals surface area (Å²) in [6, 6.07) is 11.1. The minimum Gasteiger partial charge on any atom is -0.317 e. The average molecular weight is 299 g/mol. The van der Waals surface area contributed by atoms with E-state index in [1.807, 2.05) is 45.0 Å². The third kappa shape index (κ3) is 4.10. The molecule has 1 aromatic carbocycles. The van der Waals surface area contributed by atoms with Crippen molar-refractivity contribution < 1.29 is 4.79 Å². The van der Waals surface area contributed by atoms with E-state index in [1.54, 1.807) is 12.1 Å². The molecule has 0 fully saturated rings. The second-order valence-electron chi connectivity index (χ2n) is 4.87. The summed E-state index contributed by atoms with van der Waals surface area (Å²) >= 11 is 5.13. The number of pyridine rings is 1. The number of thiocarbonyl (C=S) groups is 1. The van der Waals surface area contributed by atoms with Gasteiger partial charge in [-0.25, -0.2) is 4.98 Å². The number of hydrogen-bond acceptors (Lipinski definition) is 3. The van der Waals surface area contributed by atoms with Gasteiger partial charge in [0.15, 0.2) is 5.11 Å². The van der Waals surface area contributed by atoms with Gasteiger partial charge < -0.3 is 5.32 Å². The normalized spacial score (nSPS) is 10.0. The molecule has 2 N–H and O–H groups in total. The Morgan fingerprint density at radius 2 is 1.86 bits per heavy atom. The summed E-state index contributed by atoms with van der Waals surface area (Å²) < 4.78 is 0. The van der Waals surface area contributed by atoms with Gasteiger partial charge in [-0.3, -0.25) is 10.1 Å². The molecule has 108 valence electrons. The third-order valence-corrected chi connectivity index (χ3v) is 3.33. The number of rotatable bonds is 2. The molecule has 21 heavy (non-hydrogen) atoms. The lowest BCUT2D eigenvalue weighted by Gasteiger charge is -2.10. The van der Waals surface area contributed by atoms with Crippen LogP contribution in [0.2, 0.25) is 0 Å². The monoisotopic (exact) mass is 299 g/mol. The van der Waals surface area contributed by atoms with E-state index in [9.17, 15) is 4.79 Å². The Hall–Kier alpha value is -2.27. The van der Waals surface area contributed by atoms with Crippen LogP contribution in [-0.2, 0) is 0 Å². The smallest absolute Gasteiger partial charge is 0.257 e. The molecule has 4 nitrogen and oxygen atoms in total. The maximum absolute atomic E-state index is 12.1. The lowest BCUT2D eigenvalue weighted by atomic mass is 10.1. The van der Waals surface area contributed by atoms with E-state index >= 15 is 0 Å². The van der Waals surface area contributed by atoms with Crippen molar-refractivity contribution in [3.8, 4) is 0 Å².